The van der Waals surface area contributed by atoms with Gasteiger partial charge in [0.1, 0.15) is 4.83 Å². The van der Waals surface area contributed by atoms with Crippen molar-refractivity contribution < 1.29 is 9.47 Å². The minimum Gasteiger partial charge on any atom is -0.383 e. The van der Waals surface area contributed by atoms with Crippen LogP contribution in [0.3, 0.4) is 0 Å². The van der Waals surface area contributed by atoms with Gasteiger partial charge in [0, 0.05) is 38.7 Å². The Bertz CT molecular complexity index is 1050. The van der Waals surface area contributed by atoms with E-state index in [9.17, 15) is 9.59 Å². The van der Waals surface area contributed by atoms with Crippen LogP contribution in [0.1, 0.15) is 16.9 Å². The van der Waals surface area contributed by atoms with Gasteiger partial charge >= 0.3 is 5.69 Å². The molecule has 2 aromatic heterocycles. The van der Waals surface area contributed by atoms with Crippen molar-refractivity contribution in [3.63, 3.8) is 0 Å². The number of guanidine groups is 1. The van der Waals surface area contributed by atoms with Crippen molar-refractivity contribution in [2.24, 2.45) is 4.99 Å². The predicted molar refractivity (Wildman–Crippen MR) is 113 cm³/mol. The molecular weight excluding hydrogens is 394 g/mol. The summed E-state index contributed by atoms with van der Waals surface area (Å²) in [5.74, 6) is 0.861. The second-order valence-corrected chi connectivity index (χ2v) is 8.43. The first kappa shape index (κ1) is 20.1. The molecule has 158 valence electrons. The maximum Gasteiger partial charge on any atom is 0.332 e. The number of fused-ring (bicyclic) bond motifs is 1. The monoisotopic (exact) mass is 421 g/mol. The summed E-state index contributed by atoms with van der Waals surface area (Å²) in [5, 5.41) is 3.89. The first-order chi connectivity index (χ1) is 14.0. The molecule has 9 nitrogen and oxygen atoms in total. The number of aliphatic imine (C=N–C) groups is 1. The summed E-state index contributed by atoms with van der Waals surface area (Å²) in [5.41, 5.74) is 0.407. The number of nitrogens with one attached hydrogen (secondary N) is 1. The molecule has 10 heteroatoms. The summed E-state index contributed by atoms with van der Waals surface area (Å²) >= 11 is 1.53. The van der Waals surface area contributed by atoms with Crippen LogP contribution in [0.25, 0.3) is 10.2 Å². The van der Waals surface area contributed by atoms with Gasteiger partial charge in [0.2, 0.25) is 0 Å². The normalized spacial score (nSPS) is 20.4. The topological polar surface area (TPSA) is 90.1 Å². The number of hydrogen-bond donors (Lipinski definition) is 1. The van der Waals surface area contributed by atoms with Crippen LogP contribution >= 0.6 is 11.3 Å². The Morgan fingerprint density at radius 1 is 1.34 bits per heavy atom. The second-order valence-electron chi connectivity index (χ2n) is 7.35. The molecule has 0 spiro atoms. The highest BCUT2D eigenvalue weighted by molar-refractivity contribution is 7.18. The smallest absolute Gasteiger partial charge is 0.332 e. The van der Waals surface area contributed by atoms with Crippen LogP contribution in [0, 0.1) is 6.92 Å². The molecule has 4 heterocycles. The maximum absolute atomic E-state index is 13.2. The lowest BCUT2D eigenvalue weighted by Crippen LogP contribution is -2.43. The standard InChI is InChI=1S/C19H27N5O4S/c1-12-14(11-22-6-5-21-18(22)20-2)29-17-15(12)16(25)23(7-9-27-3)19(26)24(17)10-13-4-8-28-13/h13H,4-11H2,1-3H3,(H,20,21). The maximum atomic E-state index is 13.2. The van der Waals surface area contributed by atoms with Crippen LogP contribution in [0.4, 0.5) is 0 Å². The number of nitrogens with zero attached hydrogens (tertiary/aromatic N) is 4. The third kappa shape index (κ3) is 3.60. The Balaban J connectivity index is 1.82. The zero-order valence-corrected chi connectivity index (χ0v) is 17.9. The number of thiophene rings is 1. The molecule has 0 radical (unpaired) electrons. The van der Waals surface area contributed by atoms with Crippen LogP contribution < -0.4 is 16.6 Å². The van der Waals surface area contributed by atoms with E-state index in [2.05, 4.69) is 15.2 Å². The molecule has 2 saturated heterocycles. The van der Waals surface area contributed by atoms with E-state index >= 15 is 0 Å². The zero-order chi connectivity index (χ0) is 20.5. The van der Waals surface area contributed by atoms with E-state index in [0.717, 1.165) is 47.3 Å². The quantitative estimate of drug-likeness (QED) is 0.694. The number of aryl methyl sites for hydroxylation is 1. The van der Waals surface area contributed by atoms with Crippen LogP contribution in [-0.2, 0) is 29.1 Å². The lowest BCUT2D eigenvalue weighted by molar-refractivity contribution is -0.0593. The van der Waals surface area contributed by atoms with Gasteiger partial charge in [0.05, 0.1) is 37.7 Å². The Hall–Kier alpha value is -2.17. The minimum atomic E-state index is -0.290. The number of hydrogen-bond acceptors (Lipinski definition) is 6. The Labute approximate surface area is 172 Å². The summed E-state index contributed by atoms with van der Waals surface area (Å²) in [6.07, 6.45) is 0.953. The van der Waals surface area contributed by atoms with Gasteiger partial charge in [-0.2, -0.15) is 0 Å². The molecule has 2 aliphatic rings. The van der Waals surface area contributed by atoms with E-state index in [1.54, 1.807) is 18.7 Å². The fourth-order valence-corrected chi connectivity index (χ4v) is 5.15. The number of methoxy groups -OCH3 is 1. The van der Waals surface area contributed by atoms with Gasteiger partial charge in [-0.25, -0.2) is 4.79 Å². The van der Waals surface area contributed by atoms with Crippen molar-refractivity contribution in [1.29, 1.82) is 0 Å². The number of aromatic nitrogens is 2. The molecular formula is C19H27N5O4S. The molecule has 1 N–H and O–H groups in total. The van der Waals surface area contributed by atoms with Crippen molar-refractivity contribution in [1.82, 2.24) is 19.4 Å². The fourth-order valence-electron chi connectivity index (χ4n) is 3.83. The fraction of sp³-hybridized carbons (Fsp3) is 0.632. The summed E-state index contributed by atoms with van der Waals surface area (Å²) in [6.45, 7) is 6.09. The molecule has 0 bridgehead atoms. The van der Waals surface area contributed by atoms with Crippen molar-refractivity contribution >= 4 is 27.5 Å². The largest absolute Gasteiger partial charge is 0.383 e. The highest BCUT2D eigenvalue weighted by Gasteiger charge is 2.26. The zero-order valence-electron chi connectivity index (χ0n) is 17.1. The predicted octanol–water partition coefficient (Wildman–Crippen LogP) is 0.359. The number of rotatable bonds is 7. The van der Waals surface area contributed by atoms with Gasteiger partial charge in [0.15, 0.2) is 5.96 Å². The van der Waals surface area contributed by atoms with Crippen molar-refractivity contribution in [3.05, 3.63) is 31.3 Å². The third-order valence-corrected chi connectivity index (χ3v) is 6.90. The average molecular weight is 422 g/mol. The van der Waals surface area contributed by atoms with E-state index in [1.165, 1.54) is 15.9 Å². The first-order valence-electron chi connectivity index (χ1n) is 9.87. The van der Waals surface area contributed by atoms with E-state index in [-0.39, 0.29) is 23.9 Å². The van der Waals surface area contributed by atoms with Crippen LogP contribution in [0.5, 0.6) is 0 Å². The SMILES string of the molecule is C/N=C1\NCCN1Cc1sc2c(c1C)c(=O)n(CCOC)c(=O)n2CC1CCO1. The lowest BCUT2D eigenvalue weighted by atomic mass is 10.2. The number of ether oxygens (including phenoxy) is 2. The second kappa shape index (κ2) is 8.29. The van der Waals surface area contributed by atoms with Gasteiger partial charge in [0.25, 0.3) is 5.56 Å². The average Bonchev–Trinajstić information content (AvgIpc) is 3.25. The first-order valence-corrected chi connectivity index (χ1v) is 10.7. The summed E-state index contributed by atoms with van der Waals surface area (Å²) in [4.78, 5) is 34.6. The molecule has 0 saturated carbocycles. The molecule has 2 fully saturated rings. The molecule has 1 atom stereocenters. The van der Waals surface area contributed by atoms with Crippen LogP contribution in [0.2, 0.25) is 0 Å². The molecule has 2 aromatic rings. The lowest BCUT2D eigenvalue weighted by Gasteiger charge is -2.27. The van der Waals surface area contributed by atoms with Gasteiger partial charge in [-0.3, -0.25) is 18.9 Å². The van der Waals surface area contributed by atoms with Crippen molar-refractivity contribution in [2.45, 2.75) is 39.1 Å². The van der Waals surface area contributed by atoms with Gasteiger partial charge < -0.3 is 19.7 Å². The Kier molecular flexibility index (Phi) is 5.75. The van der Waals surface area contributed by atoms with Crippen molar-refractivity contribution in [2.75, 3.05) is 40.5 Å². The van der Waals surface area contributed by atoms with E-state index in [4.69, 9.17) is 9.47 Å². The van der Waals surface area contributed by atoms with E-state index < -0.39 is 0 Å². The summed E-state index contributed by atoms with van der Waals surface area (Å²) < 4.78 is 13.7. The summed E-state index contributed by atoms with van der Waals surface area (Å²) in [6, 6.07) is 0. The minimum absolute atomic E-state index is 0.0248. The molecule has 0 aromatic carbocycles. The molecule has 2 aliphatic heterocycles. The molecule has 0 amide bonds. The third-order valence-electron chi connectivity index (χ3n) is 5.60. The van der Waals surface area contributed by atoms with E-state index in [1.807, 2.05) is 6.92 Å². The van der Waals surface area contributed by atoms with E-state index in [0.29, 0.717) is 25.1 Å². The van der Waals surface area contributed by atoms with Crippen LogP contribution in [-0.4, -0.2) is 66.6 Å². The highest BCUT2D eigenvalue weighted by Crippen LogP contribution is 2.30. The molecule has 4 rings (SSSR count). The van der Waals surface area contributed by atoms with Crippen LogP contribution in [0.15, 0.2) is 14.6 Å². The van der Waals surface area contributed by atoms with Gasteiger partial charge in [-0.1, -0.05) is 0 Å². The molecule has 0 aliphatic carbocycles. The molecule has 1 unspecified atom stereocenters. The van der Waals surface area contributed by atoms with Crippen molar-refractivity contribution in [3.8, 4) is 0 Å². The highest BCUT2D eigenvalue weighted by atomic mass is 32.1. The Morgan fingerprint density at radius 2 is 2.14 bits per heavy atom. The van der Waals surface area contributed by atoms with Gasteiger partial charge in [-0.15, -0.1) is 11.3 Å². The Morgan fingerprint density at radius 3 is 2.79 bits per heavy atom. The summed E-state index contributed by atoms with van der Waals surface area (Å²) in [7, 11) is 3.33. The van der Waals surface area contributed by atoms with Gasteiger partial charge in [-0.05, 0) is 18.9 Å². The molecule has 29 heavy (non-hydrogen) atoms.